The van der Waals surface area contributed by atoms with Gasteiger partial charge in [0, 0.05) is 37.4 Å². The van der Waals surface area contributed by atoms with Gasteiger partial charge < -0.3 is 14.4 Å². The Morgan fingerprint density at radius 1 is 0.892 bits per heavy atom. The van der Waals surface area contributed by atoms with Crippen molar-refractivity contribution in [3.8, 4) is 5.75 Å². The molecule has 0 aromatic heterocycles. The fourth-order valence-electron chi connectivity index (χ4n) is 4.58. The predicted octanol–water partition coefficient (Wildman–Crippen LogP) is 7.97. The number of amides is 1. The van der Waals surface area contributed by atoms with E-state index >= 15 is 0 Å². The van der Waals surface area contributed by atoms with Gasteiger partial charge in [-0.05, 0) is 36.6 Å². The number of rotatable bonds is 17. The second-order valence-electron chi connectivity index (χ2n) is 11.1. The highest BCUT2D eigenvalue weighted by atomic mass is 16.5. The largest absolute Gasteiger partial charge is 0.494 e. The average Bonchev–Trinajstić information content (AvgIpc) is 2.91. The monoisotopic (exact) mass is 513 g/mol. The van der Waals surface area contributed by atoms with E-state index < -0.39 is 0 Å². The van der Waals surface area contributed by atoms with E-state index in [9.17, 15) is 9.59 Å². The number of carbonyl (C=O) groups excluding carboxylic acids is 2. The minimum Gasteiger partial charge on any atom is -0.494 e. The molecule has 208 valence electrons. The van der Waals surface area contributed by atoms with Gasteiger partial charge in [-0.2, -0.15) is 0 Å². The summed E-state index contributed by atoms with van der Waals surface area (Å²) in [7, 11) is 0. The van der Waals surface area contributed by atoms with Crippen molar-refractivity contribution in [2.45, 2.75) is 117 Å². The van der Waals surface area contributed by atoms with Crippen LogP contribution >= 0.6 is 0 Å². The molecule has 1 fully saturated rings. The maximum atomic E-state index is 12.6. The van der Waals surface area contributed by atoms with Crippen molar-refractivity contribution < 1.29 is 19.1 Å². The van der Waals surface area contributed by atoms with Gasteiger partial charge in [-0.3, -0.25) is 4.79 Å². The van der Waals surface area contributed by atoms with E-state index in [0.29, 0.717) is 25.9 Å². The van der Waals surface area contributed by atoms with Gasteiger partial charge in [-0.1, -0.05) is 97.6 Å². The lowest BCUT2D eigenvalue weighted by molar-refractivity contribution is -0.149. The first-order chi connectivity index (χ1) is 17.9. The van der Waals surface area contributed by atoms with Crippen LogP contribution in [0.25, 0.3) is 6.08 Å². The Morgan fingerprint density at radius 3 is 2.03 bits per heavy atom. The summed E-state index contributed by atoms with van der Waals surface area (Å²) >= 11 is 0. The minimum atomic E-state index is -0.334. The SMILES string of the molecule is CCCCCCCCCCCCOc1ccc(/C=C/C(=O)OC2CCN(C(=O)C(C)(C)CC)CC2)cc1. The second kappa shape index (κ2) is 17.3. The van der Waals surface area contributed by atoms with E-state index in [1.807, 2.05) is 49.9 Å². The number of esters is 1. The third kappa shape index (κ3) is 12.2. The van der Waals surface area contributed by atoms with Gasteiger partial charge >= 0.3 is 5.97 Å². The molecule has 0 spiro atoms. The zero-order chi connectivity index (χ0) is 26.9. The number of carbonyl (C=O) groups is 2. The van der Waals surface area contributed by atoms with Crippen LogP contribution in [0.5, 0.6) is 5.75 Å². The molecule has 0 unspecified atom stereocenters. The summed E-state index contributed by atoms with van der Waals surface area (Å²) < 4.78 is 11.5. The Kier molecular flexibility index (Phi) is 14.4. The standard InChI is InChI=1S/C32H51NO4/c1-5-7-8-9-10-11-12-13-14-15-26-36-28-19-16-27(17-20-28)18-21-30(34)37-29-22-24-33(25-23-29)31(35)32(3,4)6-2/h16-21,29H,5-15,22-26H2,1-4H3/b21-18+. The predicted molar refractivity (Wildman–Crippen MR) is 153 cm³/mol. The van der Waals surface area contributed by atoms with E-state index in [2.05, 4.69) is 6.92 Å². The van der Waals surface area contributed by atoms with E-state index in [1.165, 1.54) is 63.9 Å². The number of likely N-dealkylation sites (tertiary alicyclic amines) is 1. The summed E-state index contributed by atoms with van der Waals surface area (Å²) in [6, 6.07) is 7.81. The van der Waals surface area contributed by atoms with Crippen LogP contribution < -0.4 is 4.74 Å². The Labute approximate surface area is 226 Å². The number of hydrogen-bond donors (Lipinski definition) is 0. The number of ether oxygens (including phenoxy) is 2. The molecule has 1 aromatic rings. The molecule has 5 heteroatoms. The van der Waals surface area contributed by atoms with Crippen molar-refractivity contribution in [3.05, 3.63) is 35.9 Å². The Hall–Kier alpha value is -2.30. The van der Waals surface area contributed by atoms with Gasteiger partial charge in [0.1, 0.15) is 11.9 Å². The fraction of sp³-hybridized carbons (Fsp3) is 0.688. The molecule has 0 N–H and O–H groups in total. The van der Waals surface area contributed by atoms with Crippen molar-refractivity contribution in [1.29, 1.82) is 0 Å². The molecule has 5 nitrogen and oxygen atoms in total. The van der Waals surface area contributed by atoms with Crippen LogP contribution in [0.15, 0.2) is 30.3 Å². The Bertz CT molecular complexity index is 807. The normalized spacial score (nSPS) is 14.8. The lowest BCUT2D eigenvalue weighted by Gasteiger charge is -2.36. The van der Waals surface area contributed by atoms with Crippen molar-refractivity contribution >= 4 is 18.0 Å². The molecule has 0 bridgehead atoms. The van der Waals surface area contributed by atoms with Crippen LogP contribution in [0, 0.1) is 5.41 Å². The third-order valence-electron chi connectivity index (χ3n) is 7.53. The molecular weight excluding hydrogens is 462 g/mol. The van der Waals surface area contributed by atoms with E-state index in [1.54, 1.807) is 6.08 Å². The summed E-state index contributed by atoms with van der Waals surface area (Å²) in [6.07, 6.45) is 18.5. The van der Waals surface area contributed by atoms with E-state index in [-0.39, 0.29) is 23.4 Å². The molecule has 1 aliphatic rings. The molecule has 0 aliphatic carbocycles. The Balaban J connectivity index is 1.58. The number of nitrogens with zero attached hydrogens (tertiary/aromatic N) is 1. The quantitative estimate of drug-likeness (QED) is 0.120. The summed E-state index contributed by atoms with van der Waals surface area (Å²) in [6.45, 7) is 10.3. The molecule has 0 atom stereocenters. The summed E-state index contributed by atoms with van der Waals surface area (Å²) in [5.74, 6) is 0.721. The lowest BCUT2D eigenvalue weighted by atomic mass is 9.87. The number of benzene rings is 1. The molecule has 37 heavy (non-hydrogen) atoms. The zero-order valence-corrected chi connectivity index (χ0v) is 23.9. The first-order valence-corrected chi connectivity index (χ1v) is 14.8. The molecule has 1 saturated heterocycles. The number of unbranched alkanes of at least 4 members (excludes halogenated alkanes) is 9. The van der Waals surface area contributed by atoms with E-state index in [0.717, 1.165) is 30.8 Å². The second-order valence-corrected chi connectivity index (χ2v) is 11.1. The molecule has 2 rings (SSSR count). The topological polar surface area (TPSA) is 55.8 Å². The van der Waals surface area contributed by atoms with E-state index in [4.69, 9.17) is 9.47 Å². The van der Waals surface area contributed by atoms with Gasteiger partial charge in [0.25, 0.3) is 0 Å². The van der Waals surface area contributed by atoms with Gasteiger partial charge in [0.15, 0.2) is 0 Å². The molecule has 1 amide bonds. The van der Waals surface area contributed by atoms with Gasteiger partial charge in [0.05, 0.1) is 6.61 Å². The average molecular weight is 514 g/mol. The van der Waals surface area contributed by atoms with Crippen LogP contribution in [0.3, 0.4) is 0 Å². The molecule has 1 aromatic carbocycles. The minimum absolute atomic E-state index is 0.132. The van der Waals surface area contributed by atoms with Crippen LogP contribution in [0.2, 0.25) is 0 Å². The number of hydrogen-bond acceptors (Lipinski definition) is 4. The van der Waals surface area contributed by atoms with Crippen LogP contribution in [0.4, 0.5) is 0 Å². The first-order valence-electron chi connectivity index (χ1n) is 14.8. The Morgan fingerprint density at radius 2 is 1.46 bits per heavy atom. The van der Waals surface area contributed by atoms with Gasteiger partial charge in [-0.15, -0.1) is 0 Å². The zero-order valence-electron chi connectivity index (χ0n) is 23.9. The maximum Gasteiger partial charge on any atom is 0.331 e. The maximum absolute atomic E-state index is 12.6. The van der Waals surface area contributed by atoms with Crippen LogP contribution in [-0.2, 0) is 14.3 Å². The first kappa shape index (κ1) is 30.9. The third-order valence-corrected chi connectivity index (χ3v) is 7.53. The smallest absolute Gasteiger partial charge is 0.331 e. The molecule has 0 saturated carbocycles. The molecule has 1 aliphatic heterocycles. The summed E-state index contributed by atoms with van der Waals surface area (Å²) in [5, 5.41) is 0. The highest BCUT2D eigenvalue weighted by Gasteiger charge is 2.33. The highest BCUT2D eigenvalue weighted by Crippen LogP contribution is 2.26. The number of piperidine rings is 1. The fourth-order valence-corrected chi connectivity index (χ4v) is 4.58. The van der Waals surface area contributed by atoms with Crippen molar-refractivity contribution in [2.75, 3.05) is 19.7 Å². The molecule has 1 heterocycles. The van der Waals surface area contributed by atoms with Gasteiger partial charge in [-0.25, -0.2) is 4.79 Å². The summed E-state index contributed by atoms with van der Waals surface area (Å²) in [4.78, 5) is 26.8. The van der Waals surface area contributed by atoms with Crippen molar-refractivity contribution in [1.82, 2.24) is 4.90 Å². The van der Waals surface area contributed by atoms with Crippen molar-refractivity contribution in [2.24, 2.45) is 5.41 Å². The molecule has 0 radical (unpaired) electrons. The summed E-state index contributed by atoms with van der Waals surface area (Å²) in [5.41, 5.74) is 0.602. The van der Waals surface area contributed by atoms with Crippen LogP contribution in [-0.4, -0.2) is 42.6 Å². The molecular formula is C32H51NO4. The highest BCUT2D eigenvalue weighted by molar-refractivity contribution is 5.87. The van der Waals surface area contributed by atoms with Gasteiger partial charge in [0.2, 0.25) is 5.91 Å². The van der Waals surface area contributed by atoms with Crippen molar-refractivity contribution in [3.63, 3.8) is 0 Å². The van der Waals surface area contributed by atoms with Crippen LogP contribution in [0.1, 0.15) is 117 Å². The lowest BCUT2D eigenvalue weighted by Crippen LogP contribution is -2.46.